The first-order valence-electron chi connectivity index (χ1n) is 7.27. The van der Waals surface area contributed by atoms with Crippen molar-refractivity contribution in [2.75, 3.05) is 19.0 Å². The summed E-state index contributed by atoms with van der Waals surface area (Å²) in [5, 5.41) is 0. The minimum atomic E-state index is -0.278. The van der Waals surface area contributed by atoms with Gasteiger partial charge in [0.2, 0.25) is 0 Å². The van der Waals surface area contributed by atoms with E-state index >= 15 is 0 Å². The zero-order valence-corrected chi connectivity index (χ0v) is 14.6. The second-order valence-electron chi connectivity index (χ2n) is 5.60. The van der Waals surface area contributed by atoms with Crippen molar-refractivity contribution in [1.82, 2.24) is 9.55 Å². The number of rotatable bonds is 4. The van der Waals surface area contributed by atoms with E-state index in [1.165, 1.54) is 17.7 Å². The van der Waals surface area contributed by atoms with Gasteiger partial charge in [0, 0.05) is 48.8 Å². The fourth-order valence-electron chi connectivity index (χ4n) is 2.48. The molecule has 0 saturated carbocycles. The zero-order chi connectivity index (χ0) is 16.4. The minimum Gasteiger partial charge on any atom is -0.378 e. The fraction of sp³-hybridized carbons (Fsp3) is 0.167. The third kappa shape index (κ3) is 3.62. The smallest absolute Gasteiger partial charge is 0.140 e. The number of hydrogen-bond acceptors (Lipinski definition) is 2. The highest BCUT2D eigenvalue weighted by Gasteiger charge is 2.09. The molecule has 0 aliphatic rings. The van der Waals surface area contributed by atoms with Gasteiger partial charge in [-0.25, -0.2) is 9.37 Å². The van der Waals surface area contributed by atoms with Gasteiger partial charge in [-0.1, -0.05) is 28.1 Å². The summed E-state index contributed by atoms with van der Waals surface area (Å²) in [5.41, 5.74) is 3.09. The van der Waals surface area contributed by atoms with Crippen LogP contribution in [0.3, 0.4) is 0 Å². The maximum atomic E-state index is 13.6. The SMILES string of the molecule is CN(C)c1ccc(Cn2ccnc2-c2cc(F)cc(Br)c2)cc1. The Morgan fingerprint density at radius 2 is 1.87 bits per heavy atom. The summed E-state index contributed by atoms with van der Waals surface area (Å²) in [4.78, 5) is 6.44. The second-order valence-corrected chi connectivity index (χ2v) is 6.51. The molecule has 3 aromatic rings. The molecule has 3 rings (SSSR count). The van der Waals surface area contributed by atoms with Crippen LogP contribution in [0.4, 0.5) is 10.1 Å². The summed E-state index contributed by atoms with van der Waals surface area (Å²) < 4.78 is 16.4. The van der Waals surface area contributed by atoms with Gasteiger partial charge in [-0.05, 0) is 35.9 Å². The Morgan fingerprint density at radius 1 is 1.13 bits per heavy atom. The van der Waals surface area contributed by atoms with Gasteiger partial charge in [-0.3, -0.25) is 0 Å². The number of aromatic nitrogens is 2. The maximum absolute atomic E-state index is 13.6. The maximum Gasteiger partial charge on any atom is 0.140 e. The first-order chi connectivity index (χ1) is 11.0. The lowest BCUT2D eigenvalue weighted by atomic mass is 10.1. The fourth-order valence-corrected chi connectivity index (χ4v) is 2.94. The van der Waals surface area contributed by atoms with E-state index in [1.54, 1.807) is 6.20 Å². The summed E-state index contributed by atoms with van der Waals surface area (Å²) in [5.74, 6) is 0.473. The topological polar surface area (TPSA) is 21.1 Å². The standard InChI is InChI=1S/C18H17BrFN3/c1-22(2)17-5-3-13(4-6-17)12-23-8-7-21-18(23)14-9-15(19)11-16(20)10-14/h3-11H,12H2,1-2H3. The van der Waals surface area contributed by atoms with Crippen molar-refractivity contribution in [2.45, 2.75) is 6.54 Å². The Bertz CT molecular complexity index is 789. The van der Waals surface area contributed by atoms with Crippen LogP contribution in [0.2, 0.25) is 0 Å². The van der Waals surface area contributed by atoms with Crippen LogP contribution >= 0.6 is 15.9 Å². The molecule has 0 amide bonds. The third-order valence-corrected chi connectivity index (χ3v) is 4.10. The number of benzene rings is 2. The van der Waals surface area contributed by atoms with Gasteiger partial charge < -0.3 is 9.47 Å². The molecule has 1 heterocycles. The quantitative estimate of drug-likeness (QED) is 0.667. The Balaban J connectivity index is 1.89. The van der Waals surface area contributed by atoms with Crippen molar-refractivity contribution in [2.24, 2.45) is 0 Å². The Labute approximate surface area is 143 Å². The van der Waals surface area contributed by atoms with Crippen molar-refractivity contribution in [3.05, 3.63) is 70.7 Å². The molecule has 23 heavy (non-hydrogen) atoms. The Morgan fingerprint density at radius 3 is 2.52 bits per heavy atom. The summed E-state index contributed by atoms with van der Waals surface area (Å²) >= 11 is 3.33. The average molecular weight is 374 g/mol. The van der Waals surface area contributed by atoms with E-state index in [4.69, 9.17) is 0 Å². The first-order valence-corrected chi connectivity index (χ1v) is 8.06. The molecule has 0 spiro atoms. The number of nitrogens with zero attached hydrogens (tertiary/aromatic N) is 3. The van der Waals surface area contributed by atoms with E-state index in [-0.39, 0.29) is 5.82 Å². The van der Waals surface area contributed by atoms with Crippen LogP contribution in [0.15, 0.2) is 59.3 Å². The monoisotopic (exact) mass is 373 g/mol. The van der Waals surface area contributed by atoms with Gasteiger partial charge in [0.1, 0.15) is 11.6 Å². The van der Waals surface area contributed by atoms with E-state index in [1.807, 2.05) is 30.9 Å². The van der Waals surface area contributed by atoms with E-state index in [0.29, 0.717) is 11.0 Å². The molecule has 0 bridgehead atoms. The molecule has 1 aromatic heterocycles. The van der Waals surface area contributed by atoms with E-state index in [2.05, 4.69) is 50.1 Å². The van der Waals surface area contributed by atoms with Crippen LogP contribution in [0.1, 0.15) is 5.56 Å². The zero-order valence-electron chi connectivity index (χ0n) is 13.0. The van der Waals surface area contributed by atoms with Crippen molar-refractivity contribution >= 4 is 21.6 Å². The minimum absolute atomic E-state index is 0.278. The molecule has 0 N–H and O–H groups in total. The highest BCUT2D eigenvalue weighted by Crippen LogP contribution is 2.24. The number of halogens is 2. The van der Waals surface area contributed by atoms with Gasteiger partial charge in [0.05, 0.1) is 0 Å². The van der Waals surface area contributed by atoms with Gasteiger partial charge in [0.25, 0.3) is 0 Å². The predicted octanol–water partition coefficient (Wildman–Crippen LogP) is 4.57. The van der Waals surface area contributed by atoms with Crippen LogP contribution in [0.5, 0.6) is 0 Å². The Hall–Kier alpha value is -2.14. The molecular weight excluding hydrogens is 357 g/mol. The molecule has 0 aliphatic heterocycles. The van der Waals surface area contributed by atoms with E-state index in [0.717, 1.165) is 17.1 Å². The summed E-state index contributed by atoms with van der Waals surface area (Å²) in [6, 6.07) is 13.2. The normalized spacial score (nSPS) is 10.8. The summed E-state index contributed by atoms with van der Waals surface area (Å²) in [6.45, 7) is 0.692. The lowest BCUT2D eigenvalue weighted by molar-refractivity contribution is 0.627. The number of anilines is 1. The average Bonchev–Trinajstić information content (AvgIpc) is 2.95. The van der Waals surface area contributed by atoms with Crippen LogP contribution in [0.25, 0.3) is 11.4 Å². The molecule has 0 radical (unpaired) electrons. The van der Waals surface area contributed by atoms with Gasteiger partial charge in [-0.2, -0.15) is 0 Å². The second kappa shape index (κ2) is 6.54. The molecule has 0 unspecified atom stereocenters. The molecule has 5 heteroatoms. The van der Waals surface area contributed by atoms with Crippen LogP contribution < -0.4 is 4.90 Å². The van der Waals surface area contributed by atoms with Crippen molar-refractivity contribution in [3.63, 3.8) is 0 Å². The van der Waals surface area contributed by atoms with Gasteiger partial charge in [-0.15, -0.1) is 0 Å². The van der Waals surface area contributed by atoms with Crippen molar-refractivity contribution in [1.29, 1.82) is 0 Å². The predicted molar refractivity (Wildman–Crippen MR) is 95.2 cm³/mol. The van der Waals surface area contributed by atoms with E-state index in [9.17, 15) is 4.39 Å². The highest BCUT2D eigenvalue weighted by molar-refractivity contribution is 9.10. The first kappa shape index (κ1) is 15.7. The molecule has 3 nitrogen and oxygen atoms in total. The largest absolute Gasteiger partial charge is 0.378 e. The third-order valence-electron chi connectivity index (χ3n) is 3.64. The highest BCUT2D eigenvalue weighted by atomic mass is 79.9. The Kier molecular flexibility index (Phi) is 4.48. The van der Waals surface area contributed by atoms with Crippen LogP contribution in [-0.2, 0) is 6.54 Å². The molecule has 0 atom stereocenters. The van der Waals surface area contributed by atoms with Crippen LogP contribution in [-0.4, -0.2) is 23.6 Å². The molecule has 2 aromatic carbocycles. The number of imidazole rings is 1. The van der Waals surface area contributed by atoms with Crippen LogP contribution in [0, 0.1) is 5.82 Å². The lowest BCUT2D eigenvalue weighted by Gasteiger charge is -2.13. The summed E-state index contributed by atoms with van der Waals surface area (Å²) in [7, 11) is 4.04. The molecule has 0 fully saturated rings. The summed E-state index contributed by atoms with van der Waals surface area (Å²) in [6.07, 6.45) is 3.65. The lowest BCUT2D eigenvalue weighted by Crippen LogP contribution is -2.08. The molecule has 0 saturated heterocycles. The van der Waals surface area contributed by atoms with Gasteiger partial charge in [0.15, 0.2) is 0 Å². The van der Waals surface area contributed by atoms with Crippen molar-refractivity contribution in [3.8, 4) is 11.4 Å². The van der Waals surface area contributed by atoms with Gasteiger partial charge >= 0.3 is 0 Å². The van der Waals surface area contributed by atoms with E-state index < -0.39 is 0 Å². The molecular formula is C18H17BrFN3. The van der Waals surface area contributed by atoms with Crippen molar-refractivity contribution < 1.29 is 4.39 Å². The molecule has 118 valence electrons. The number of hydrogen-bond donors (Lipinski definition) is 0. The molecule has 0 aliphatic carbocycles.